The summed E-state index contributed by atoms with van der Waals surface area (Å²) in [5.74, 6) is 1.01. The first kappa shape index (κ1) is 11.3. The van der Waals surface area contributed by atoms with Crippen LogP contribution in [0.4, 0.5) is 0 Å². The van der Waals surface area contributed by atoms with E-state index in [4.69, 9.17) is 9.52 Å². The maximum absolute atomic E-state index is 8.67. The Labute approximate surface area is 85.3 Å². The van der Waals surface area contributed by atoms with E-state index in [2.05, 4.69) is 11.8 Å². The van der Waals surface area contributed by atoms with Gasteiger partial charge >= 0.3 is 0 Å². The highest BCUT2D eigenvalue weighted by Crippen LogP contribution is 2.06. The van der Waals surface area contributed by atoms with Crippen LogP contribution in [0, 0.1) is 0 Å². The summed E-state index contributed by atoms with van der Waals surface area (Å²) in [4.78, 5) is 2.31. The van der Waals surface area contributed by atoms with E-state index in [0.29, 0.717) is 0 Å². The second-order valence-corrected chi connectivity index (χ2v) is 3.38. The van der Waals surface area contributed by atoms with Crippen molar-refractivity contribution >= 4 is 0 Å². The van der Waals surface area contributed by atoms with Gasteiger partial charge in [-0.1, -0.05) is 6.92 Å². The number of rotatable bonds is 7. The molecule has 0 spiro atoms. The highest BCUT2D eigenvalue weighted by Gasteiger charge is 2.04. The predicted octanol–water partition coefficient (Wildman–Crippen LogP) is 1.87. The molecule has 80 valence electrons. The van der Waals surface area contributed by atoms with Crippen molar-refractivity contribution in [3.63, 3.8) is 0 Å². The molecule has 0 aliphatic rings. The van der Waals surface area contributed by atoms with Crippen molar-refractivity contribution < 1.29 is 9.52 Å². The Morgan fingerprint density at radius 3 is 2.86 bits per heavy atom. The van der Waals surface area contributed by atoms with E-state index < -0.39 is 0 Å². The quantitative estimate of drug-likeness (QED) is 0.678. The maximum Gasteiger partial charge on any atom is 0.117 e. The monoisotopic (exact) mass is 197 g/mol. The molecule has 0 amide bonds. The number of aliphatic hydroxyl groups is 1. The zero-order chi connectivity index (χ0) is 10.2. The van der Waals surface area contributed by atoms with Gasteiger partial charge in [0.05, 0.1) is 12.8 Å². The lowest BCUT2D eigenvalue weighted by Gasteiger charge is -2.18. The average Bonchev–Trinajstić information content (AvgIpc) is 2.69. The van der Waals surface area contributed by atoms with Gasteiger partial charge in [0, 0.05) is 6.61 Å². The number of furan rings is 1. The summed E-state index contributed by atoms with van der Waals surface area (Å²) in [6.07, 6.45) is 3.64. The molecule has 1 heterocycles. The summed E-state index contributed by atoms with van der Waals surface area (Å²) in [5, 5.41) is 8.67. The van der Waals surface area contributed by atoms with Crippen molar-refractivity contribution in [2.24, 2.45) is 0 Å². The SMILES string of the molecule is CCN(CCCCO)Cc1ccco1. The van der Waals surface area contributed by atoms with Gasteiger partial charge in [0.25, 0.3) is 0 Å². The van der Waals surface area contributed by atoms with Gasteiger partial charge in [-0.25, -0.2) is 0 Å². The van der Waals surface area contributed by atoms with Crippen LogP contribution in [0.2, 0.25) is 0 Å². The molecule has 0 aliphatic carbocycles. The molecule has 0 saturated heterocycles. The molecule has 0 unspecified atom stereocenters. The molecule has 1 aromatic rings. The van der Waals surface area contributed by atoms with Gasteiger partial charge in [0.1, 0.15) is 5.76 Å². The predicted molar refractivity (Wildman–Crippen MR) is 56.0 cm³/mol. The van der Waals surface area contributed by atoms with Crippen LogP contribution < -0.4 is 0 Å². The Morgan fingerprint density at radius 2 is 2.29 bits per heavy atom. The minimum Gasteiger partial charge on any atom is -0.468 e. The molecule has 0 atom stereocenters. The summed E-state index contributed by atoms with van der Waals surface area (Å²) in [6.45, 7) is 5.35. The molecule has 1 rings (SSSR count). The number of unbranched alkanes of at least 4 members (excludes halogenated alkanes) is 1. The minimum absolute atomic E-state index is 0.290. The highest BCUT2D eigenvalue weighted by molar-refractivity contribution is 4.97. The third kappa shape index (κ3) is 3.94. The van der Waals surface area contributed by atoms with E-state index in [9.17, 15) is 0 Å². The Kier molecular flexibility index (Phi) is 5.33. The maximum atomic E-state index is 8.67. The minimum atomic E-state index is 0.290. The van der Waals surface area contributed by atoms with Crippen molar-refractivity contribution in [2.75, 3.05) is 19.7 Å². The van der Waals surface area contributed by atoms with Crippen LogP contribution in [-0.4, -0.2) is 29.7 Å². The number of hydrogen-bond donors (Lipinski definition) is 1. The van der Waals surface area contributed by atoms with Gasteiger partial charge in [0.15, 0.2) is 0 Å². The van der Waals surface area contributed by atoms with Gasteiger partial charge in [-0.2, -0.15) is 0 Å². The first-order valence-electron chi connectivity index (χ1n) is 5.22. The first-order chi connectivity index (χ1) is 6.86. The standard InChI is InChI=1S/C11H19NO2/c1-2-12(7-3-4-8-13)10-11-6-5-9-14-11/h5-6,9,13H,2-4,7-8,10H2,1H3. The fourth-order valence-electron chi connectivity index (χ4n) is 1.42. The molecule has 0 bridgehead atoms. The molecule has 0 aliphatic heterocycles. The van der Waals surface area contributed by atoms with Gasteiger partial charge in [-0.15, -0.1) is 0 Å². The fourth-order valence-corrected chi connectivity index (χ4v) is 1.42. The highest BCUT2D eigenvalue weighted by atomic mass is 16.3. The van der Waals surface area contributed by atoms with E-state index in [-0.39, 0.29) is 6.61 Å². The lowest BCUT2D eigenvalue weighted by Crippen LogP contribution is -2.23. The second-order valence-electron chi connectivity index (χ2n) is 3.38. The lowest BCUT2D eigenvalue weighted by molar-refractivity contribution is 0.231. The average molecular weight is 197 g/mol. The molecule has 1 aromatic heterocycles. The van der Waals surface area contributed by atoms with Gasteiger partial charge in [0.2, 0.25) is 0 Å². The zero-order valence-corrected chi connectivity index (χ0v) is 8.78. The van der Waals surface area contributed by atoms with E-state index in [0.717, 1.165) is 38.2 Å². The number of aliphatic hydroxyl groups excluding tert-OH is 1. The van der Waals surface area contributed by atoms with Crippen molar-refractivity contribution in [3.8, 4) is 0 Å². The molecule has 3 heteroatoms. The molecule has 0 saturated carbocycles. The van der Waals surface area contributed by atoms with Crippen molar-refractivity contribution in [1.82, 2.24) is 4.90 Å². The second kappa shape index (κ2) is 6.62. The van der Waals surface area contributed by atoms with Crippen LogP contribution in [0.1, 0.15) is 25.5 Å². The molecule has 0 aromatic carbocycles. The number of nitrogens with zero attached hydrogens (tertiary/aromatic N) is 1. The smallest absolute Gasteiger partial charge is 0.117 e. The van der Waals surface area contributed by atoms with E-state index in [1.165, 1.54) is 0 Å². The van der Waals surface area contributed by atoms with Crippen molar-refractivity contribution in [3.05, 3.63) is 24.2 Å². The van der Waals surface area contributed by atoms with Crippen LogP contribution >= 0.6 is 0 Å². The fraction of sp³-hybridized carbons (Fsp3) is 0.636. The Hall–Kier alpha value is -0.800. The molecule has 3 nitrogen and oxygen atoms in total. The summed E-state index contributed by atoms with van der Waals surface area (Å²) in [5.41, 5.74) is 0. The lowest BCUT2D eigenvalue weighted by atomic mass is 10.3. The van der Waals surface area contributed by atoms with E-state index >= 15 is 0 Å². The third-order valence-electron chi connectivity index (χ3n) is 2.29. The molecule has 0 radical (unpaired) electrons. The normalized spacial score (nSPS) is 11.1. The molecule has 0 fully saturated rings. The number of hydrogen-bond acceptors (Lipinski definition) is 3. The van der Waals surface area contributed by atoms with Crippen LogP contribution in [0.3, 0.4) is 0 Å². The first-order valence-corrected chi connectivity index (χ1v) is 5.22. The summed E-state index contributed by atoms with van der Waals surface area (Å²) < 4.78 is 5.28. The molecule has 14 heavy (non-hydrogen) atoms. The Bertz CT molecular complexity index is 221. The van der Waals surface area contributed by atoms with Crippen molar-refractivity contribution in [1.29, 1.82) is 0 Å². The summed E-state index contributed by atoms with van der Waals surface area (Å²) in [6, 6.07) is 3.91. The third-order valence-corrected chi connectivity index (χ3v) is 2.29. The molecular weight excluding hydrogens is 178 g/mol. The largest absolute Gasteiger partial charge is 0.468 e. The Balaban J connectivity index is 2.24. The van der Waals surface area contributed by atoms with Crippen LogP contribution in [0.5, 0.6) is 0 Å². The molecular formula is C11H19NO2. The van der Waals surface area contributed by atoms with Crippen molar-refractivity contribution in [2.45, 2.75) is 26.3 Å². The van der Waals surface area contributed by atoms with Crippen LogP contribution in [0.25, 0.3) is 0 Å². The Morgan fingerprint density at radius 1 is 1.43 bits per heavy atom. The van der Waals surface area contributed by atoms with E-state index in [1.807, 2.05) is 12.1 Å². The molecule has 1 N–H and O–H groups in total. The summed E-state index contributed by atoms with van der Waals surface area (Å²) >= 11 is 0. The van der Waals surface area contributed by atoms with Crippen LogP contribution in [0.15, 0.2) is 22.8 Å². The van der Waals surface area contributed by atoms with Crippen LogP contribution in [-0.2, 0) is 6.54 Å². The van der Waals surface area contributed by atoms with Gasteiger partial charge < -0.3 is 9.52 Å². The zero-order valence-electron chi connectivity index (χ0n) is 8.78. The topological polar surface area (TPSA) is 36.6 Å². The summed E-state index contributed by atoms with van der Waals surface area (Å²) in [7, 11) is 0. The van der Waals surface area contributed by atoms with Gasteiger partial charge in [-0.05, 0) is 38.1 Å². The van der Waals surface area contributed by atoms with Gasteiger partial charge in [-0.3, -0.25) is 4.90 Å². The van der Waals surface area contributed by atoms with E-state index in [1.54, 1.807) is 6.26 Å².